The lowest BCUT2D eigenvalue weighted by Crippen LogP contribution is -1.79. The molecule has 0 N–H and O–H groups in total. The molecular weight excluding hydrogens is 238 g/mol. The molecule has 0 bridgehead atoms. The highest BCUT2D eigenvalue weighted by Gasteiger charge is 1.93. The summed E-state index contributed by atoms with van der Waals surface area (Å²) in [7, 11) is 0. The molecular formula is C12H8BrN. The minimum Gasteiger partial charge on any atom is -0.256 e. The largest absolute Gasteiger partial charge is 0.256 e. The molecule has 68 valence electrons. The Labute approximate surface area is 91.3 Å². The zero-order valence-corrected chi connectivity index (χ0v) is 9.08. The van der Waals surface area contributed by atoms with E-state index in [-0.39, 0.29) is 0 Å². The van der Waals surface area contributed by atoms with Gasteiger partial charge in [-0.3, -0.25) is 4.98 Å². The number of pyridine rings is 1. The molecule has 0 unspecified atom stereocenters. The Morgan fingerprint density at radius 2 is 2.21 bits per heavy atom. The van der Waals surface area contributed by atoms with Gasteiger partial charge in [-0.15, -0.1) is 0 Å². The van der Waals surface area contributed by atoms with Crippen LogP contribution in [0.15, 0.2) is 36.5 Å². The summed E-state index contributed by atoms with van der Waals surface area (Å²) in [6.07, 6.45) is 1.80. The van der Waals surface area contributed by atoms with Crippen molar-refractivity contribution in [3.05, 3.63) is 42.1 Å². The highest BCUT2D eigenvalue weighted by molar-refractivity contribution is 9.09. The summed E-state index contributed by atoms with van der Waals surface area (Å²) >= 11 is 3.27. The van der Waals surface area contributed by atoms with Gasteiger partial charge < -0.3 is 0 Å². The van der Waals surface area contributed by atoms with Crippen molar-refractivity contribution in [2.45, 2.75) is 0 Å². The first kappa shape index (κ1) is 9.23. The van der Waals surface area contributed by atoms with Gasteiger partial charge in [-0.05, 0) is 18.2 Å². The molecule has 0 radical (unpaired) electrons. The smallest absolute Gasteiger partial charge is 0.0714 e. The van der Waals surface area contributed by atoms with Crippen LogP contribution in [0.3, 0.4) is 0 Å². The average molecular weight is 246 g/mol. The van der Waals surface area contributed by atoms with E-state index >= 15 is 0 Å². The summed E-state index contributed by atoms with van der Waals surface area (Å²) in [4.78, 5) is 4.27. The second kappa shape index (κ2) is 4.26. The van der Waals surface area contributed by atoms with Crippen LogP contribution in [0.25, 0.3) is 10.9 Å². The van der Waals surface area contributed by atoms with E-state index < -0.39 is 0 Å². The van der Waals surface area contributed by atoms with Crippen LogP contribution in [0, 0.1) is 11.8 Å². The molecule has 0 aliphatic heterocycles. The van der Waals surface area contributed by atoms with Crippen LogP contribution in [0.5, 0.6) is 0 Å². The zero-order valence-electron chi connectivity index (χ0n) is 7.50. The van der Waals surface area contributed by atoms with E-state index in [1.807, 2.05) is 30.3 Å². The van der Waals surface area contributed by atoms with Crippen molar-refractivity contribution >= 4 is 26.8 Å². The molecule has 14 heavy (non-hydrogen) atoms. The number of hydrogen-bond acceptors (Lipinski definition) is 1. The third-order valence-corrected chi connectivity index (χ3v) is 2.19. The van der Waals surface area contributed by atoms with Crippen LogP contribution in [-0.4, -0.2) is 10.3 Å². The molecule has 1 heterocycles. The zero-order chi connectivity index (χ0) is 9.80. The Balaban J connectivity index is 2.51. The summed E-state index contributed by atoms with van der Waals surface area (Å²) in [6.45, 7) is 0. The van der Waals surface area contributed by atoms with Gasteiger partial charge in [0.2, 0.25) is 0 Å². The van der Waals surface area contributed by atoms with E-state index in [0.29, 0.717) is 5.33 Å². The number of fused-ring (bicyclic) bond motifs is 1. The Hall–Kier alpha value is -1.33. The summed E-state index contributed by atoms with van der Waals surface area (Å²) in [5.41, 5.74) is 2.00. The first-order valence-corrected chi connectivity index (χ1v) is 5.42. The van der Waals surface area contributed by atoms with E-state index in [1.165, 1.54) is 0 Å². The monoisotopic (exact) mass is 245 g/mol. The molecule has 0 aliphatic rings. The van der Waals surface area contributed by atoms with Gasteiger partial charge in [0.1, 0.15) is 0 Å². The molecule has 1 aromatic carbocycles. The van der Waals surface area contributed by atoms with Crippen molar-refractivity contribution < 1.29 is 0 Å². The van der Waals surface area contributed by atoms with Gasteiger partial charge in [0.15, 0.2) is 0 Å². The van der Waals surface area contributed by atoms with Crippen LogP contribution in [-0.2, 0) is 0 Å². The van der Waals surface area contributed by atoms with Crippen molar-refractivity contribution in [2.75, 3.05) is 5.33 Å². The van der Waals surface area contributed by atoms with E-state index in [1.54, 1.807) is 6.20 Å². The molecule has 2 heteroatoms. The van der Waals surface area contributed by atoms with Gasteiger partial charge in [-0.2, -0.15) is 0 Å². The maximum absolute atomic E-state index is 4.27. The fourth-order valence-electron chi connectivity index (χ4n) is 1.28. The third kappa shape index (κ3) is 1.94. The Kier molecular flexibility index (Phi) is 2.81. The lowest BCUT2D eigenvalue weighted by molar-refractivity contribution is 1.41. The molecule has 0 spiro atoms. The Morgan fingerprint density at radius 3 is 3.07 bits per heavy atom. The van der Waals surface area contributed by atoms with E-state index in [2.05, 4.69) is 32.8 Å². The molecule has 1 aromatic heterocycles. The predicted octanol–water partition coefficient (Wildman–Crippen LogP) is 2.98. The van der Waals surface area contributed by atoms with Gasteiger partial charge in [-0.25, -0.2) is 0 Å². The first-order chi connectivity index (χ1) is 6.90. The summed E-state index contributed by atoms with van der Waals surface area (Å²) in [5.74, 6) is 6.02. The number of halogens is 1. The van der Waals surface area contributed by atoms with Gasteiger partial charge in [0.25, 0.3) is 0 Å². The molecule has 2 rings (SSSR count). The molecule has 0 saturated heterocycles. The van der Waals surface area contributed by atoms with Gasteiger partial charge in [0, 0.05) is 17.1 Å². The molecule has 0 aliphatic carbocycles. The van der Waals surface area contributed by atoms with Crippen LogP contribution in [0.1, 0.15) is 5.56 Å². The fourth-order valence-corrected chi connectivity index (χ4v) is 1.42. The minimum atomic E-state index is 0.702. The van der Waals surface area contributed by atoms with E-state index in [0.717, 1.165) is 16.5 Å². The number of hydrogen-bond donors (Lipinski definition) is 0. The van der Waals surface area contributed by atoms with Crippen LogP contribution < -0.4 is 0 Å². The number of aromatic nitrogens is 1. The Bertz CT molecular complexity index is 508. The van der Waals surface area contributed by atoms with Crippen molar-refractivity contribution in [3.8, 4) is 11.8 Å². The summed E-state index contributed by atoms with van der Waals surface area (Å²) < 4.78 is 0. The highest BCUT2D eigenvalue weighted by atomic mass is 79.9. The normalized spacial score (nSPS) is 9.50. The van der Waals surface area contributed by atoms with E-state index in [9.17, 15) is 0 Å². The lowest BCUT2D eigenvalue weighted by Gasteiger charge is -1.95. The maximum atomic E-state index is 4.27. The van der Waals surface area contributed by atoms with Crippen LogP contribution >= 0.6 is 15.9 Å². The van der Waals surface area contributed by atoms with E-state index in [4.69, 9.17) is 0 Å². The van der Waals surface area contributed by atoms with Crippen molar-refractivity contribution in [3.63, 3.8) is 0 Å². The number of nitrogens with zero attached hydrogens (tertiary/aromatic N) is 1. The molecule has 0 fully saturated rings. The molecule has 0 amide bonds. The number of rotatable bonds is 0. The fraction of sp³-hybridized carbons (Fsp3) is 0.0833. The summed E-state index contributed by atoms with van der Waals surface area (Å²) in [5, 5.41) is 1.85. The second-order valence-corrected chi connectivity index (χ2v) is 3.41. The number of benzene rings is 1. The van der Waals surface area contributed by atoms with Gasteiger partial charge >= 0.3 is 0 Å². The van der Waals surface area contributed by atoms with Gasteiger partial charge in [-0.1, -0.05) is 39.9 Å². The molecule has 1 nitrogen and oxygen atoms in total. The Morgan fingerprint density at radius 1 is 1.29 bits per heavy atom. The maximum Gasteiger partial charge on any atom is 0.0714 e. The predicted molar refractivity (Wildman–Crippen MR) is 62.4 cm³/mol. The quantitative estimate of drug-likeness (QED) is 0.514. The first-order valence-electron chi connectivity index (χ1n) is 4.30. The van der Waals surface area contributed by atoms with Crippen molar-refractivity contribution in [2.24, 2.45) is 0 Å². The van der Waals surface area contributed by atoms with Crippen molar-refractivity contribution in [1.29, 1.82) is 0 Å². The average Bonchev–Trinajstić information content (AvgIpc) is 2.26. The molecule has 0 saturated carbocycles. The topological polar surface area (TPSA) is 12.9 Å². The lowest BCUT2D eigenvalue weighted by atomic mass is 10.1. The second-order valence-electron chi connectivity index (χ2n) is 2.85. The van der Waals surface area contributed by atoms with Crippen molar-refractivity contribution in [1.82, 2.24) is 4.98 Å². The third-order valence-electron chi connectivity index (χ3n) is 1.91. The molecule has 0 atom stereocenters. The number of alkyl halides is 1. The van der Waals surface area contributed by atoms with Crippen LogP contribution in [0.2, 0.25) is 0 Å². The SMILES string of the molecule is BrCC#Cc1ccc2cccnc2c1. The van der Waals surface area contributed by atoms with Gasteiger partial charge in [0.05, 0.1) is 10.8 Å². The minimum absolute atomic E-state index is 0.702. The summed E-state index contributed by atoms with van der Waals surface area (Å²) in [6, 6.07) is 10.0. The van der Waals surface area contributed by atoms with Crippen LogP contribution in [0.4, 0.5) is 0 Å². The standard InChI is InChI=1S/C12H8BrN/c13-7-1-3-10-5-6-11-4-2-8-14-12(11)9-10/h2,4-6,8-9H,7H2. The molecule has 2 aromatic rings. The highest BCUT2D eigenvalue weighted by Crippen LogP contribution is 2.12.